The van der Waals surface area contributed by atoms with Crippen molar-refractivity contribution < 1.29 is 14.3 Å². The molecule has 2 heterocycles. The highest BCUT2D eigenvalue weighted by molar-refractivity contribution is 6.42. The molecule has 0 radical (unpaired) electrons. The van der Waals surface area contributed by atoms with Gasteiger partial charge in [0.15, 0.2) is 5.58 Å². The van der Waals surface area contributed by atoms with Crippen LogP contribution in [0.3, 0.4) is 0 Å². The monoisotopic (exact) mass is 377 g/mol. The molecule has 3 rings (SSSR count). The van der Waals surface area contributed by atoms with E-state index >= 15 is 0 Å². The van der Waals surface area contributed by atoms with Crippen LogP contribution in [0, 0.1) is 12.3 Å². The molecule has 0 unspecified atom stereocenters. The number of anilines is 1. The van der Waals surface area contributed by atoms with Crippen LogP contribution in [-0.4, -0.2) is 16.0 Å². The van der Waals surface area contributed by atoms with Crippen molar-refractivity contribution in [1.82, 2.24) is 4.98 Å². The molecule has 3 aromatic rings. The number of carbonyl (C=O) groups excluding carboxylic acids is 1. The van der Waals surface area contributed by atoms with Gasteiger partial charge in [0.25, 0.3) is 5.91 Å². The first kappa shape index (κ1) is 17.4. The highest BCUT2D eigenvalue weighted by Crippen LogP contribution is 2.25. The smallest absolute Gasteiger partial charge is 0.261 e. The van der Waals surface area contributed by atoms with E-state index in [1.807, 2.05) is 0 Å². The molecule has 0 aliphatic rings. The Hall–Kier alpha value is -2.41. The summed E-state index contributed by atoms with van der Waals surface area (Å²) in [6, 6.07) is 6.18. The fourth-order valence-electron chi connectivity index (χ4n) is 2.36. The minimum Gasteiger partial charge on any atom is -0.436 e. The van der Waals surface area contributed by atoms with Crippen LogP contribution in [0.25, 0.3) is 11.0 Å². The Kier molecular flexibility index (Phi) is 4.76. The van der Waals surface area contributed by atoms with Gasteiger partial charge in [-0.15, -0.1) is 0 Å². The van der Waals surface area contributed by atoms with E-state index in [0.717, 1.165) is 0 Å². The van der Waals surface area contributed by atoms with E-state index in [1.54, 1.807) is 19.1 Å². The molecule has 6 nitrogen and oxygen atoms in total. The van der Waals surface area contributed by atoms with Crippen molar-refractivity contribution in [3.8, 4) is 0 Å². The summed E-state index contributed by atoms with van der Waals surface area (Å²) in [5.41, 5.74) is 1.60. The molecule has 0 aliphatic carbocycles. The van der Waals surface area contributed by atoms with E-state index in [2.05, 4.69) is 10.3 Å². The van der Waals surface area contributed by atoms with Crippen molar-refractivity contribution >= 4 is 45.8 Å². The zero-order valence-electron chi connectivity index (χ0n) is 13.1. The average molecular weight is 378 g/mol. The number of aromatic nitrogens is 1. The molecular weight excluding hydrogens is 365 g/mol. The van der Waals surface area contributed by atoms with Gasteiger partial charge in [0, 0.05) is 22.8 Å². The molecule has 8 heteroatoms. The first-order valence-corrected chi connectivity index (χ1v) is 8.00. The first-order chi connectivity index (χ1) is 11.9. The maximum Gasteiger partial charge on any atom is 0.261 e. The summed E-state index contributed by atoms with van der Waals surface area (Å²) < 4.78 is 5.45. The van der Waals surface area contributed by atoms with Crippen LogP contribution < -0.4 is 10.9 Å². The second-order valence-corrected chi connectivity index (χ2v) is 6.16. The third-order valence-corrected chi connectivity index (χ3v) is 4.40. The molecule has 0 atom stereocenters. The number of pyridine rings is 1. The summed E-state index contributed by atoms with van der Waals surface area (Å²) in [7, 11) is 0. The van der Waals surface area contributed by atoms with Crippen molar-refractivity contribution in [2.75, 3.05) is 5.32 Å². The summed E-state index contributed by atoms with van der Waals surface area (Å²) in [6.07, 6.45) is 1.51. The number of aliphatic hydroxyl groups excluding tert-OH is 1. The van der Waals surface area contributed by atoms with E-state index in [-0.39, 0.29) is 17.7 Å². The Bertz CT molecular complexity index is 1050. The largest absolute Gasteiger partial charge is 0.436 e. The fraction of sp³-hybridized carbons (Fsp3) is 0.118. The summed E-state index contributed by atoms with van der Waals surface area (Å²) >= 11 is 11.8. The second-order valence-electron chi connectivity index (χ2n) is 5.34. The fourth-order valence-corrected chi connectivity index (χ4v) is 2.66. The molecule has 1 aromatic carbocycles. The van der Waals surface area contributed by atoms with E-state index in [9.17, 15) is 9.90 Å². The number of hydrogen-bond acceptors (Lipinski definition) is 5. The molecule has 0 saturated heterocycles. The summed E-state index contributed by atoms with van der Waals surface area (Å²) in [6.45, 7) is 1.46. The van der Waals surface area contributed by atoms with Gasteiger partial charge >= 0.3 is 0 Å². The molecule has 0 fully saturated rings. The van der Waals surface area contributed by atoms with Crippen LogP contribution in [0.15, 0.2) is 34.9 Å². The molecule has 128 valence electrons. The van der Waals surface area contributed by atoms with Crippen LogP contribution in [0.4, 0.5) is 5.69 Å². The van der Waals surface area contributed by atoms with E-state index in [1.165, 1.54) is 18.3 Å². The quantitative estimate of drug-likeness (QED) is 0.648. The molecule has 0 saturated carbocycles. The molecule has 25 heavy (non-hydrogen) atoms. The second kappa shape index (κ2) is 6.84. The van der Waals surface area contributed by atoms with Gasteiger partial charge in [-0.25, -0.2) is 0 Å². The number of hydrogen-bond donors (Lipinski definition) is 3. The summed E-state index contributed by atoms with van der Waals surface area (Å²) in [5, 5.41) is 21.3. The van der Waals surface area contributed by atoms with Crippen LogP contribution in [-0.2, 0) is 6.61 Å². The molecule has 1 amide bonds. The number of fused-ring (bicyclic) bond motifs is 1. The molecule has 3 N–H and O–H groups in total. The van der Waals surface area contributed by atoms with Gasteiger partial charge in [0.05, 0.1) is 22.3 Å². The van der Waals surface area contributed by atoms with Crippen molar-refractivity contribution in [2.24, 2.45) is 0 Å². The SMILES string of the molecule is Cc1ncc(CO)c2cc(C(=O)Nc3ccc(Cl)c(Cl)c3)c(=N)oc12. The van der Waals surface area contributed by atoms with Crippen molar-refractivity contribution in [1.29, 1.82) is 5.41 Å². The number of nitrogens with zero attached hydrogens (tertiary/aromatic N) is 1. The van der Waals surface area contributed by atoms with E-state index < -0.39 is 5.91 Å². The predicted octanol–water partition coefficient (Wildman–Crippen LogP) is 3.67. The number of nitrogens with one attached hydrogen (secondary N) is 2. The predicted molar refractivity (Wildman–Crippen MR) is 94.9 cm³/mol. The van der Waals surface area contributed by atoms with Gasteiger partial charge < -0.3 is 14.8 Å². The third kappa shape index (κ3) is 3.37. The molecule has 0 aliphatic heterocycles. The van der Waals surface area contributed by atoms with Gasteiger partial charge in [-0.05, 0) is 31.2 Å². The van der Waals surface area contributed by atoms with Crippen LogP contribution in [0.1, 0.15) is 21.6 Å². The van der Waals surface area contributed by atoms with Crippen molar-refractivity contribution in [2.45, 2.75) is 13.5 Å². The van der Waals surface area contributed by atoms with Crippen LogP contribution in [0.2, 0.25) is 10.0 Å². The van der Waals surface area contributed by atoms with Gasteiger partial charge in [-0.2, -0.15) is 0 Å². The third-order valence-electron chi connectivity index (χ3n) is 3.66. The number of carbonyl (C=O) groups is 1. The van der Waals surface area contributed by atoms with Crippen LogP contribution >= 0.6 is 23.2 Å². The highest BCUT2D eigenvalue weighted by atomic mass is 35.5. The Morgan fingerprint density at radius 3 is 2.76 bits per heavy atom. The van der Waals surface area contributed by atoms with E-state index in [4.69, 9.17) is 33.0 Å². The zero-order chi connectivity index (χ0) is 18.1. The topological polar surface area (TPSA) is 99.2 Å². The highest BCUT2D eigenvalue weighted by Gasteiger charge is 2.15. The first-order valence-electron chi connectivity index (χ1n) is 7.25. The van der Waals surface area contributed by atoms with Gasteiger partial charge in [-0.1, -0.05) is 23.2 Å². The van der Waals surface area contributed by atoms with Gasteiger partial charge in [0.2, 0.25) is 5.55 Å². The zero-order valence-corrected chi connectivity index (χ0v) is 14.6. The molecule has 0 bridgehead atoms. The molecule has 2 aromatic heterocycles. The van der Waals surface area contributed by atoms with Gasteiger partial charge in [-0.3, -0.25) is 15.2 Å². The normalized spacial score (nSPS) is 10.9. The van der Waals surface area contributed by atoms with Crippen LogP contribution in [0.5, 0.6) is 0 Å². The maximum absolute atomic E-state index is 12.5. The minimum atomic E-state index is -0.535. The standard InChI is InChI=1S/C17H13Cl2N3O3/c1-8-15-11(9(7-23)6-21-8)5-12(16(20)25-15)17(24)22-10-2-3-13(18)14(19)4-10/h2-6,20,23H,7H2,1H3,(H,22,24). The lowest BCUT2D eigenvalue weighted by Gasteiger charge is -2.09. The van der Waals surface area contributed by atoms with Crippen molar-refractivity contribution in [3.63, 3.8) is 0 Å². The lowest BCUT2D eigenvalue weighted by molar-refractivity contribution is 0.102. The Morgan fingerprint density at radius 2 is 2.08 bits per heavy atom. The van der Waals surface area contributed by atoms with Gasteiger partial charge in [0.1, 0.15) is 5.56 Å². The minimum absolute atomic E-state index is 0.0267. The summed E-state index contributed by atoms with van der Waals surface area (Å²) in [4.78, 5) is 16.6. The number of benzene rings is 1. The lowest BCUT2D eigenvalue weighted by atomic mass is 10.1. The Morgan fingerprint density at radius 1 is 1.32 bits per heavy atom. The molecular formula is C17H13Cl2N3O3. The molecule has 0 spiro atoms. The lowest BCUT2D eigenvalue weighted by Crippen LogP contribution is -2.21. The maximum atomic E-state index is 12.5. The number of amides is 1. The number of rotatable bonds is 3. The average Bonchev–Trinajstić information content (AvgIpc) is 2.58. The Balaban J connectivity index is 2.05. The number of aryl methyl sites for hydroxylation is 1. The Labute approximate surface area is 152 Å². The number of halogens is 2. The van der Waals surface area contributed by atoms with E-state index in [0.29, 0.717) is 38.0 Å². The summed E-state index contributed by atoms with van der Waals surface area (Å²) in [5.74, 6) is -0.535. The van der Waals surface area contributed by atoms with Crippen molar-refractivity contribution in [3.05, 3.63) is 62.9 Å². The number of aliphatic hydroxyl groups is 1.